The second-order valence-corrected chi connectivity index (χ2v) is 5.01. The van der Waals surface area contributed by atoms with Crippen LogP contribution in [0.5, 0.6) is 5.75 Å². The van der Waals surface area contributed by atoms with Crippen molar-refractivity contribution in [2.75, 3.05) is 12.8 Å². The maximum Gasteiger partial charge on any atom is 0.227 e. The molecule has 5 heteroatoms. The normalized spacial score (nSPS) is 10.8. The molecule has 3 aromatic rings. The summed E-state index contributed by atoms with van der Waals surface area (Å²) in [5, 5.41) is 0. The summed E-state index contributed by atoms with van der Waals surface area (Å²) in [7, 11) is 1.59. The molecule has 0 saturated heterocycles. The van der Waals surface area contributed by atoms with Crippen molar-refractivity contribution in [2.24, 2.45) is 0 Å². The van der Waals surface area contributed by atoms with Gasteiger partial charge < -0.3 is 14.9 Å². The van der Waals surface area contributed by atoms with Crippen molar-refractivity contribution in [3.8, 4) is 17.2 Å². The Morgan fingerprint density at radius 3 is 2.84 bits per heavy atom. The van der Waals surface area contributed by atoms with Gasteiger partial charge in [0.25, 0.3) is 0 Å². The first-order chi connectivity index (χ1) is 9.17. The van der Waals surface area contributed by atoms with Gasteiger partial charge in [0.2, 0.25) is 5.89 Å². The first-order valence-corrected chi connectivity index (χ1v) is 6.46. The van der Waals surface area contributed by atoms with Crippen LogP contribution in [0.15, 0.2) is 45.3 Å². The molecule has 4 nitrogen and oxygen atoms in total. The molecular formula is C14H11BrN2O2. The van der Waals surface area contributed by atoms with Crippen LogP contribution in [0.3, 0.4) is 0 Å². The number of rotatable bonds is 2. The number of nitrogens with two attached hydrogens (primary N) is 1. The Hall–Kier alpha value is -2.01. The molecule has 0 amide bonds. The fourth-order valence-corrected chi connectivity index (χ4v) is 2.29. The fraction of sp³-hybridized carbons (Fsp3) is 0.0714. The van der Waals surface area contributed by atoms with Crippen molar-refractivity contribution in [2.45, 2.75) is 0 Å². The van der Waals surface area contributed by atoms with Gasteiger partial charge in [-0.15, -0.1) is 0 Å². The topological polar surface area (TPSA) is 61.3 Å². The van der Waals surface area contributed by atoms with Gasteiger partial charge in [-0.25, -0.2) is 4.98 Å². The predicted octanol–water partition coefficient (Wildman–Crippen LogP) is 3.85. The number of aromatic nitrogens is 1. The lowest BCUT2D eigenvalue weighted by atomic mass is 10.2. The van der Waals surface area contributed by atoms with Crippen molar-refractivity contribution >= 4 is 32.7 Å². The molecule has 0 aliphatic rings. The van der Waals surface area contributed by atoms with Gasteiger partial charge in [0, 0.05) is 22.2 Å². The molecule has 1 heterocycles. The number of hydrogen-bond acceptors (Lipinski definition) is 4. The summed E-state index contributed by atoms with van der Waals surface area (Å²) in [5.74, 6) is 1.20. The summed E-state index contributed by atoms with van der Waals surface area (Å²) in [6, 6.07) is 11.3. The van der Waals surface area contributed by atoms with Gasteiger partial charge in [-0.05, 0) is 18.2 Å². The molecule has 0 aliphatic heterocycles. The highest BCUT2D eigenvalue weighted by atomic mass is 79.9. The number of halogens is 1. The Balaban J connectivity index is 2.19. The lowest BCUT2D eigenvalue weighted by Gasteiger charge is -1.99. The molecule has 2 N–H and O–H groups in total. The molecule has 0 saturated carbocycles. The second kappa shape index (κ2) is 4.59. The summed E-state index contributed by atoms with van der Waals surface area (Å²) >= 11 is 3.43. The number of oxazole rings is 1. The monoisotopic (exact) mass is 318 g/mol. The number of fused-ring (bicyclic) bond motifs is 1. The zero-order chi connectivity index (χ0) is 13.4. The Morgan fingerprint density at radius 1 is 1.26 bits per heavy atom. The number of nitrogen functional groups attached to an aromatic ring is 1. The van der Waals surface area contributed by atoms with Gasteiger partial charge in [0.1, 0.15) is 11.3 Å². The summed E-state index contributed by atoms with van der Waals surface area (Å²) in [4.78, 5) is 4.45. The molecule has 0 fully saturated rings. The van der Waals surface area contributed by atoms with E-state index in [1.54, 1.807) is 19.2 Å². The van der Waals surface area contributed by atoms with E-state index >= 15 is 0 Å². The van der Waals surface area contributed by atoms with E-state index < -0.39 is 0 Å². The van der Waals surface area contributed by atoms with Crippen LogP contribution >= 0.6 is 15.9 Å². The average molecular weight is 319 g/mol. The third-order valence-corrected chi connectivity index (χ3v) is 3.29. The van der Waals surface area contributed by atoms with Gasteiger partial charge in [-0.2, -0.15) is 0 Å². The largest absolute Gasteiger partial charge is 0.497 e. The molecule has 1 aromatic heterocycles. The number of nitrogens with zero attached hydrogens (tertiary/aromatic N) is 1. The van der Waals surface area contributed by atoms with E-state index in [9.17, 15) is 0 Å². The molecule has 0 aliphatic carbocycles. The lowest BCUT2D eigenvalue weighted by Crippen LogP contribution is -1.88. The zero-order valence-corrected chi connectivity index (χ0v) is 11.8. The third-order valence-electron chi connectivity index (χ3n) is 2.80. The van der Waals surface area contributed by atoms with Crippen molar-refractivity contribution in [1.29, 1.82) is 0 Å². The minimum absolute atomic E-state index is 0.517. The molecule has 0 atom stereocenters. The predicted molar refractivity (Wildman–Crippen MR) is 78.1 cm³/mol. The lowest BCUT2D eigenvalue weighted by molar-refractivity contribution is 0.415. The third kappa shape index (κ3) is 2.17. The van der Waals surface area contributed by atoms with E-state index in [1.165, 1.54) is 0 Å². The van der Waals surface area contributed by atoms with Gasteiger partial charge in [-0.3, -0.25) is 0 Å². The molecule has 0 spiro atoms. The van der Waals surface area contributed by atoms with E-state index in [0.29, 0.717) is 28.4 Å². The fourth-order valence-electron chi connectivity index (χ4n) is 1.89. The maximum absolute atomic E-state index is 5.93. The van der Waals surface area contributed by atoms with Crippen molar-refractivity contribution in [3.05, 3.63) is 40.9 Å². The van der Waals surface area contributed by atoms with Crippen LogP contribution in [0.1, 0.15) is 0 Å². The zero-order valence-electron chi connectivity index (χ0n) is 10.2. The van der Waals surface area contributed by atoms with Crippen LogP contribution in [0.4, 0.5) is 5.69 Å². The molecule has 3 rings (SSSR count). The van der Waals surface area contributed by atoms with Crippen LogP contribution in [-0.4, -0.2) is 12.1 Å². The summed E-state index contributed by atoms with van der Waals surface area (Å²) in [5.41, 5.74) is 8.61. The molecule has 96 valence electrons. The van der Waals surface area contributed by atoms with Crippen LogP contribution in [0.2, 0.25) is 0 Å². The Labute approximate surface area is 118 Å². The van der Waals surface area contributed by atoms with Crippen molar-refractivity contribution < 1.29 is 9.15 Å². The summed E-state index contributed by atoms with van der Waals surface area (Å²) < 4.78 is 11.9. The van der Waals surface area contributed by atoms with Crippen molar-refractivity contribution in [3.63, 3.8) is 0 Å². The first-order valence-electron chi connectivity index (χ1n) is 5.67. The van der Waals surface area contributed by atoms with Gasteiger partial charge in [-0.1, -0.05) is 22.0 Å². The van der Waals surface area contributed by atoms with E-state index in [2.05, 4.69) is 20.9 Å². The smallest absolute Gasteiger partial charge is 0.227 e. The second-order valence-electron chi connectivity index (χ2n) is 4.09. The van der Waals surface area contributed by atoms with Gasteiger partial charge in [0.15, 0.2) is 5.58 Å². The van der Waals surface area contributed by atoms with Crippen LogP contribution in [-0.2, 0) is 0 Å². The van der Waals surface area contributed by atoms with Crippen LogP contribution < -0.4 is 10.5 Å². The van der Waals surface area contributed by atoms with Gasteiger partial charge >= 0.3 is 0 Å². The highest BCUT2D eigenvalue weighted by molar-refractivity contribution is 9.10. The average Bonchev–Trinajstić information content (AvgIpc) is 2.83. The minimum Gasteiger partial charge on any atom is -0.497 e. The number of ether oxygens (including phenoxy) is 1. The van der Waals surface area contributed by atoms with Crippen molar-refractivity contribution in [1.82, 2.24) is 4.98 Å². The summed E-state index contributed by atoms with van der Waals surface area (Å²) in [6.07, 6.45) is 0. The number of benzene rings is 2. The standard InChI is InChI=1S/C14H11BrN2O2/c1-18-10-6-11(16)13-12(7-10)17-14(19-13)8-3-2-4-9(15)5-8/h2-7H,16H2,1H3. The Morgan fingerprint density at radius 2 is 2.11 bits per heavy atom. The minimum atomic E-state index is 0.517. The Kier molecular flexibility index (Phi) is 2.91. The van der Waals surface area contributed by atoms with Gasteiger partial charge in [0.05, 0.1) is 12.8 Å². The SMILES string of the molecule is COc1cc(N)c2oc(-c3cccc(Br)c3)nc2c1. The van der Waals surface area contributed by atoms with E-state index in [0.717, 1.165) is 10.0 Å². The molecule has 19 heavy (non-hydrogen) atoms. The van der Waals surface area contributed by atoms with Crippen LogP contribution in [0, 0.1) is 0 Å². The number of hydrogen-bond donors (Lipinski definition) is 1. The van der Waals surface area contributed by atoms with E-state index in [1.807, 2.05) is 24.3 Å². The first kappa shape index (κ1) is 12.0. The Bertz CT molecular complexity index is 752. The molecule has 0 bridgehead atoms. The molecule has 2 aromatic carbocycles. The maximum atomic E-state index is 5.93. The van der Waals surface area contributed by atoms with E-state index in [-0.39, 0.29) is 0 Å². The highest BCUT2D eigenvalue weighted by Crippen LogP contribution is 2.32. The number of anilines is 1. The summed E-state index contributed by atoms with van der Waals surface area (Å²) in [6.45, 7) is 0. The van der Waals surface area contributed by atoms with E-state index in [4.69, 9.17) is 14.9 Å². The quantitative estimate of drug-likeness (QED) is 0.729. The highest BCUT2D eigenvalue weighted by Gasteiger charge is 2.12. The molecule has 0 radical (unpaired) electrons. The van der Waals surface area contributed by atoms with Crippen LogP contribution in [0.25, 0.3) is 22.6 Å². The molecular weight excluding hydrogens is 308 g/mol. The molecule has 0 unspecified atom stereocenters. The number of methoxy groups -OCH3 is 1.